The van der Waals surface area contributed by atoms with Gasteiger partial charge in [-0.25, -0.2) is 8.78 Å². The lowest BCUT2D eigenvalue weighted by molar-refractivity contribution is -0.123. The Morgan fingerprint density at radius 1 is 1.33 bits per heavy atom. The molecule has 0 aliphatic heterocycles. The van der Waals surface area contributed by atoms with Crippen LogP contribution in [-0.2, 0) is 4.79 Å². The third-order valence-electron chi connectivity index (χ3n) is 1.80. The summed E-state index contributed by atoms with van der Waals surface area (Å²) in [6.45, 7) is 0. The Bertz CT molecular complexity index is 400. The van der Waals surface area contributed by atoms with Crippen LogP contribution < -0.4 is 0 Å². The molecule has 15 heavy (non-hydrogen) atoms. The highest BCUT2D eigenvalue weighted by molar-refractivity contribution is 5.91. The molecule has 80 valence electrons. The fraction of sp³-hybridized carbons (Fsp3) is 0.182. The molecule has 0 spiro atoms. The summed E-state index contributed by atoms with van der Waals surface area (Å²) in [4.78, 5) is 12.5. The molecule has 1 aromatic carbocycles. The molecule has 1 rings (SSSR count). The number of carbonyl (C=O) groups excluding carboxylic acids is 1. The maximum Gasteiger partial charge on any atom is 0.246 e. The quantitative estimate of drug-likeness (QED) is 0.686. The van der Waals surface area contributed by atoms with Crippen molar-refractivity contribution in [1.29, 1.82) is 0 Å². The van der Waals surface area contributed by atoms with E-state index in [-0.39, 0.29) is 11.5 Å². The molecule has 1 amide bonds. The van der Waals surface area contributed by atoms with E-state index >= 15 is 0 Å². The van der Waals surface area contributed by atoms with Crippen molar-refractivity contribution >= 4 is 12.0 Å². The zero-order chi connectivity index (χ0) is 11.4. The van der Waals surface area contributed by atoms with Crippen molar-refractivity contribution in [2.24, 2.45) is 0 Å². The van der Waals surface area contributed by atoms with Gasteiger partial charge in [-0.05, 0) is 24.3 Å². The summed E-state index contributed by atoms with van der Waals surface area (Å²) in [5, 5.41) is 0. The van der Waals surface area contributed by atoms with Gasteiger partial charge < -0.3 is 4.90 Å². The molecule has 0 saturated heterocycles. The van der Waals surface area contributed by atoms with Crippen molar-refractivity contribution in [1.82, 2.24) is 4.90 Å². The summed E-state index contributed by atoms with van der Waals surface area (Å²) in [5.41, 5.74) is 0.0604. The third-order valence-corrected chi connectivity index (χ3v) is 1.80. The molecule has 0 heterocycles. The van der Waals surface area contributed by atoms with Gasteiger partial charge in [0, 0.05) is 25.7 Å². The van der Waals surface area contributed by atoms with E-state index in [0.717, 1.165) is 18.2 Å². The van der Waals surface area contributed by atoms with Crippen molar-refractivity contribution in [2.45, 2.75) is 0 Å². The second-order valence-electron chi connectivity index (χ2n) is 3.23. The number of likely N-dealkylation sites (N-methyl/N-ethyl adjacent to an activating group) is 1. The first kappa shape index (κ1) is 11.4. The van der Waals surface area contributed by atoms with Gasteiger partial charge in [-0.1, -0.05) is 0 Å². The Hall–Kier alpha value is -1.71. The molecular weight excluding hydrogens is 200 g/mol. The number of benzene rings is 1. The van der Waals surface area contributed by atoms with E-state index in [0.29, 0.717) is 0 Å². The number of halogens is 2. The first-order valence-electron chi connectivity index (χ1n) is 4.35. The fourth-order valence-corrected chi connectivity index (χ4v) is 0.952. The van der Waals surface area contributed by atoms with Gasteiger partial charge in [-0.3, -0.25) is 4.79 Å². The molecule has 0 aliphatic carbocycles. The van der Waals surface area contributed by atoms with Crippen molar-refractivity contribution in [3.05, 3.63) is 41.5 Å². The lowest BCUT2D eigenvalue weighted by atomic mass is 10.2. The highest BCUT2D eigenvalue weighted by Gasteiger charge is 2.02. The SMILES string of the molecule is CN(C)C(=O)/C=C/c1cc(F)ccc1F. The number of hydrogen-bond donors (Lipinski definition) is 0. The largest absolute Gasteiger partial charge is 0.345 e. The van der Waals surface area contributed by atoms with E-state index in [1.807, 2.05) is 0 Å². The number of hydrogen-bond acceptors (Lipinski definition) is 1. The van der Waals surface area contributed by atoms with Crippen LogP contribution in [0, 0.1) is 11.6 Å². The molecule has 0 atom stereocenters. The summed E-state index contributed by atoms with van der Waals surface area (Å²) < 4.78 is 25.8. The normalized spacial score (nSPS) is 10.7. The third kappa shape index (κ3) is 3.16. The van der Waals surface area contributed by atoms with Crippen molar-refractivity contribution in [3.8, 4) is 0 Å². The van der Waals surface area contributed by atoms with E-state index in [9.17, 15) is 13.6 Å². The summed E-state index contributed by atoms with van der Waals surface area (Å²) in [7, 11) is 3.16. The van der Waals surface area contributed by atoms with Gasteiger partial charge >= 0.3 is 0 Å². The first-order chi connectivity index (χ1) is 7.00. The minimum absolute atomic E-state index is 0.0604. The molecule has 0 fully saturated rings. The lowest BCUT2D eigenvalue weighted by Gasteiger charge is -2.05. The van der Waals surface area contributed by atoms with E-state index in [4.69, 9.17) is 0 Å². The molecule has 4 heteroatoms. The summed E-state index contributed by atoms with van der Waals surface area (Å²) >= 11 is 0. The Kier molecular flexibility index (Phi) is 3.55. The van der Waals surface area contributed by atoms with Gasteiger partial charge in [-0.15, -0.1) is 0 Å². The predicted octanol–water partition coefficient (Wildman–Crippen LogP) is 2.07. The minimum atomic E-state index is -0.556. The smallest absolute Gasteiger partial charge is 0.246 e. The number of nitrogens with zero attached hydrogens (tertiary/aromatic N) is 1. The highest BCUT2D eigenvalue weighted by atomic mass is 19.1. The molecule has 2 nitrogen and oxygen atoms in total. The van der Waals surface area contributed by atoms with Crippen LogP contribution in [0.3, 0.4) is 0 Å². The first-order valence-corrected chi connectivity index (χ1v) is 4.35. The summed E-state index contributed by atoms with van der Waals surface area (Å²) in [6.07, 6.45) is 2.44. The zero-order valence-electron chi connectivity index (χ0n) is 8.50. The van der Waals surface area contributed by atoms with Gasteiger partial charge in [0.05, 0.1) is 0 Å². The molecule has 0 radical (unpaired) electrons. The van der Waals surface area contributed by atoms with Crippen molar-refractivity contribution in [2.75, 3.05) is 14.1 Å². The maximum atomic E-state index is 13.1. The van der Waals surface area contributed by atoms with Crippen LogP contribution in [0.2, 0.25) is 0 Å². The van der Waals surface area contributed by atoms with Crippen LogP contribution in [0.4, 0.5) is 8.78 Å². The average Bonchev–Trinajstić information content (AvgIpc) is 2.18. The monoisotopic (exact) mass is 211 g/mol. The average molecular weight is 211 g/mol. The molecule has 0 unspecified atom stereocenters. The van der Waals surface area contributed by atoms with Crippen molar-refractivity contribution < 1.29 is 13.6 Å². The zero-order valence-corrected chi connectivity index (χ0v) is 8.50. The molecule has 0 aliphatic rings. The van der Waals surface area contributed by atoms with Crippen LogP contribution in [0.5, 0.6) is 0 Å². The Balaban J connectivity index is 2.89. The van der Waals surface area contributed by atoms with Gasteiger partial charge in [0.1, 0.15) is 11.6 Å². The topological polar surface area (TPSA) is 20.3 Å². The molecule has 1 aromatic rings. The predicted molar refractivity (Wildman–Crippen MR) is 54.1 cm³/mol. The fourth-order valence-electron chi connectivity index (χ4n) is 0.952. The minimum Gasteiger partial charge on any atom is -0.345 e. The molecule has 0 bridgehead atoms. The van der Waals surface area contributed by atoms with Crippen molar-refractivity contribution in [3.63, 3.8) is 0 Å². The van der Waals surface area contributed by atoms with Crippen LogP contribution in [0.1, 0.15) is 5.56 Å². The standard InChI is InChI=1S/C11H11F2NO/c1-14(2)11(15)6-3-8-7-9(12)4-5-10(8)13/h3-7H,1-2H3/b6-3+. The second kappa shape index (κ2) is 4.68. The Labute approximate surface area is 86.8 Å². The molecule has 0 aromatic heterocycles. The van der Waals surface area contributed by atoms with Crippen LogP contribution in [0.15, 0.2) is 24.3 Å². The Morgan fingerprint density at radius 2 is 2.00 bits per heavy atom. The second-order valence-corrected chi connectivity index (χ2v) is 3.23. The van der Waals surface area contributed by atoms with Gasteiger partial charge in [0.15, 0.2) is 0 Å². The summed E-state index contributed by atoms with van der Waals surface area (Å²) in [5.74, 6) is -1.37. The number of rotatable bonds is 2. The Morgan fingerprint density at radius 3 is 2.60 bits per heavy atom. The lowest BCUT2D eigenvalue weighted by Crippen LogP contribution is -2.18. The van der Waals surface area contributed by atoms with Crippen LogP contribution >= 0.6 is 0 Å². The van der Waals surface area contributed by atoms with E-state index in [2.05, 4.69) is 0 Å². The van der Waals surface area contributed by atoms with E-state index in [1.54, 1.807) is 14.1 Å². The number of amides is 1. The molecule has 0 saturated carbocycles. The number of carbonyl (C=O) groups is 1. The van der Waals surface area contributed by atoms with E-state index < -0.39 is 11.6 Å². The van der Waals surface area contributed by atoms with Gasteiger partial charge in [0.25, 0.3) is 0 Å². The molecule has 0 N–H and O–H groups in total. The van der Waals surface area contributed by atoms with E-state index in [1.165, 1.54) is 17.1 Å². The highest BCUT2D eigenvalue weighted by Crippen LogP contribution is 2.11. The maximum absolute atomic E-state index is 13.1. The van der Waals surface area contributed by atoms with Crippen LogP contribution in [0.25, 0.3) is 6.08 Å². The molecular formula is C11H11F2NO. The van der Waals surface area contributed by atoms with Crippen LogP contribution in [-0.4, -0.2) is 24.9 Å². The summed E-state index contributed by atoms with van der Waals surface area (Å²) in [6, 6.07) is 3.09. The van der Waals surface area contributed by atoms with Gasteiger partial charge in [-0.2, -0.15) is 0 Å². The van der Waals surface area contributed by atoms with Gasteiger partial charge in [0.2, 0.25) is 5.91 Å².